The van der Waals surface area contributed by atoms with E-state index in [-0.39, 0.29) is 67.9 Å². The van der Waals surface area contributed by atoms with Crippen LogP contribution in [0, 0.1) is 23.7 Å². The molecule has 14 heteroatoms. The molecule has 6 heterocycles. The van der Waals surface area contributed by atoms with Crippen molar-refractivity contribution in [2.45, 2.75) is 104 Å². The Bertz CT molecular complexity index is 1700. The number of carboxylic acid groups (broad SMARTS) is 1. The van der Waals surface area contributed by atoms with Gasteiger partial charge in [0.2, 0.25) is 11.8 Å². The van der Waals surface area contributed by atoms with Gasteiger partial charge < -0.3 is 25.1 Å². The van der Waals surface area contributed by atoms with E-state index in [1.54, 1.807) is 0 Å². The van der Waals surface area contributed by atoms with Crippen LogP contribution >= 0.6 is 0 Å². The van der Waals surface area contributed by atoms with Crippen molar-refractivity contribution < 1.29 is 53.4 Å². The van der Waals surface area contributed by atoms with Crippen molar-refractivity contribution in [2.24, 2.45) is 23.7 Å². The molecule has 0 unspecified atom stereocenters. The second kappa shape index (κ2) is 23.0. The molecule has 2 amide bonds. The molecule has 0 spiro atoms. The third-order valence-corrected chi connectivity index (χ3v) is 12.9. The van der Waals surface area contributed by atoms with Gasteiger partial charge in [-0.2, -0.15) is 0 Å². The average Bonchev–Trinajstić information content (AvgIpc) is 3.17. The summed E-state index contributed by atoms with van der Waals surface area (Å²) in [7, 11) is 0. The molecule has 59 heavy (non-hydrogen) atoms. The SMILES string of the molecule is C.CCOC(=O)CN1CC(C(=O)N2CCC(Cc3ccc4c(n3)CCCC4)CC2)C1.O=C(O)CN1CC(C(=O)N2CCC(Cc3ccc4c(n3)CCCC4)CC2)C1.[Li+].[OH-]. The van der Waals surface area contributed by atoms with Crippen LogP contribution < -0.4 is 18.9 Å². The molecule has 4 saturated heterocycles. The zero-order chi connectivity index (χ0) is 39.0. The Labute approximate surface area is 363 Å². The van der Waals surface area contributed by atoms with Crippen molar-refractivity contribution in [1.29, 1.82) is 0 Å². The Hall–Kier alpha value is -3.34. The number of carbonyl (C=O) groups excluding carboxylic acids is 3. The first-order chi connectivity index (χ1) is 27.2. The molecule has 4 aliphatic heterocycles. The van der Waals surface area contributed by atoms with Gasteiger partial charge in [0.05, 0.1) is 31.5 Å². The Morgan fingerprint density at radius 3 is 1.47 bits per heavy atom. The number of amides is 2. The maximum atomic E-state index is 12.7. The van der Waals surface area contributed by atoms with E-state index in [9.17, 15) is 19.2 Å². The fourth-order valence-corrected chi connectivity index (χ4v) is 9.60. The number of ether oxygens (including phenoxy) is 1. The first-order valence-electron chi connectivity index (χ1n) is 21.6. The minimum absolute atomic E-state index is 0. The van der Waals surface area contributed by atoms with Crippen LogP contribution in [0.5, 0.6) is 0 Å². The molecule has 320 valence electrons. The summed E-state index contributed by atoms with van der Waals surface area (Å²) < 4.78 is 4.97. The summed E-state index contributed by atoms with van der Waals surface area (Å²) in [6.07, 6.45) is 16.0. The van der Waals surface area contributed by atoms with Crippen LogP contribution in [0.25, 0.3) is 0 Å². The number of esters is 1. The number of aliphatic carboxylic acids is 1. The molecular formula is C45H67LiN6O7. The predicted molar refractivity (Wildman–Crippen MR) is 221 cm³/mol. The number of rotatable bonds is 11. The van der Waals surface area contributed by atoms with Crippen LogP contribution in [0.4, 0.5) is 0 Å². The van der Waals surface area contributed by atoms with E-state index in [4.69, 9.17) is 19.8 Å². The number of piperidine rings is 2. The van der Waals surface area contributed by atoms with Crippen LogP contribution in [0.2, 0.25) is 0 Å². The van der Waals surface area contributed by atoms with Crippen LogP contribution in [0.1, 0.15) is 99.6 Å². The standard InChI is InChI=1S/C23H33N3O3.C21H29N3O3.CH4.Li.H2O/c1-2-29-22(27)16-25-14-19(15-25)23(28)26-11-9-17(10-12-26)13-20-8-7-18-5-3-4-6-21(18)24-20;25-20(26)14-23-12-17(13-23)21(27)24-9-7-15(8-10-24)11-18-6-5-16-3-1-2-4-19(16)22-18;;;/h7-8,17,19H,2-6,9-16H2,1H3;5-6,15,17H,1-4,7-14H2,(H,25,26);1H4;;1H2/q;;;+1;/p-1. The molecule has 13 nitrogen and oxygen atoms in total. The zero-order valence-corrected chi connectivity index (χ0v) is 34.9. The van der Waals surface area contributed by atoms with Crippen molar-refractivity contribution in [3.8, 4) is 0 Å². The number of hydrogen-bond donors (Lipinski definition) is 1. The summed E-state index contributed by atoms with van der Waals surface area (Å²) in [6, 6.07) is 8.98. The van der Waals surface area contributed by atoms with Gasteiger partial charge in [0.15, 0.2) is 0 Å². The number of fused-ring (bicyclic) bond motifs is 2. The van der Waals surface area contributed by atoms with E-state index < -0.39 is 5.97 Å². The first kappa shape index (κ1) is 48.3. The maximum Gasteiger partial charge on any atom is 1.00 e. The quantitative estimate of drug-likeness (QED) is 0.258. The van der Waals surface area contributed by atoms with Gasteiger partial charge in [0.25, 0.3) is 0 Å². The molecular weight excluding hydrogens is 743 g/mol. The zero-order valence-electron chi connectivity index (χ0n) is 34.9. The van der Waals surface area contributed by atoms with E-state index >= 15 is 0 Å². The largest absolute Gasteiger partial charge is 1.00 e. The third kappa shape index (κ3) is 13.1. The van der Waals surface area contributed by atoms with E-state index in [1.165, 1.54) is 72.4 Å². The Kier molecular flexibility index (Phi) is 18.9. The fraction of sp³-hybridized carbons (Fsp3) is 0.689. The number of carbonyl (C=O) groups is 4. The molecule has 0 saturated carbocycles. The average molecular weight is 811 g/mol. The number of pyridine rings is 2. The summed E-state index contributed by atoms with van der Waals surface area (Å²) in [5.74, 6) is 0.708. The molecule has 2 N–H and O–H groups in total. The van der Waals surface area contributed by atoms with E-state index in [1.807, 2.05) is 26.5 Å². The van der Waals surface area contributed by atoms with Gasteiger partial charge in [-0.05, 0) is 132 Å². The summed E-state index contributed by atoms with van der Waals surface area (Å²) in [6.45, 7) is 8.44. The van der Waals surface area contributed by atoms with Crippen LogP contribution in [-0.2, 0) is 62.4 Å². The van der Waals surface area contributed by atoms with Gasteiger partial charge in [-0.3, -0.25) is 38.9 Å². The number of carboxylic acids is 1. The predicted octanol–water partition coefficient (Wildman–Crippen LogP) is 1.46. The molecule has 2 aromatic rings. The van der Waals surface area contributed by atoms with Crippen molar-refractivity contribution in [3.63, 3.8) is 0 Å². The molecule has 0 aromatic carbocycles. The monoisotopic (exact) mass is 811 g/mol. The Morgan fingerprint density at radius 2 is 1.07 bits per heavy atom. The first-order valence-corrected chi connectivity index (χ1v) is 21.6. The van der Waals surface area contributed by atoms with Crippen LogP contribution in [0.15, 0.2) is 24.3 Å². The van der Waals surface area contributed by atoms with Gasteiger partial charge in [0.1, 0.15) is 0 Å². The van der Waals surface area contributed by atoms with Crippen molar-refractivity contribution in [1.82, 2.24) is 29.6 Å². The minimum Gasteiger partial charge on any atom is -0.870 e. The summed E-state index contributed by atoms with van der Waals surface area (Å²) in [5.41, 5.74) is 7.94. The smallest absolute Gasteiger partial charge is 0.870 e. The molecule has 4 fully saturated rings. The molecule has 6 aliphatic rings. The van der Waals surface area contributed by atoms with Gasteiger partial charge >= 0.3 is 30.8 Å². The van der Waals surface area contributed by atoms with E-state index in [0.717, 1.165) is 77.5 Å². The van der Waals surface area contributed by atoms with Crippen molar-refractivity contribution in [3.05, 3.63) is 58.2 Å². The Morgan fingerprint density at radius 1 is 0.661 bits per heavy atom. The molecule has 2 aromatic heterocycles. The number of aromatic nitrogens is 2. The van der Waals surface area contributed by atoms with E-state index in [2.05, 4.69) is 24.3 Å². The topological polar surface area (TPSA) is 166 Å². The van der Waals surface area contributed by atoms with Crippen molar-refractivity contribution in [2.75, 3.05) is 72.1 Å². The maximum absolute atomic E-state index is 12.7. The van der Waals surface area contributed by atoms with Crippen LogP contribution in [-0.4, -0.2) is 136 Å². The van der Waals surface area contributed by atoms with Gasteiger partial charge in [0, 0.05) is 75.1 Å². The fourth-order valence-electron chi connectivity index (χ4n) is 9.60. The molecule has 0 radical (unpaired) electrons. The molecule has 0 atom stereocenters. The summed E-state index contributed by atoms with van der Waals surface area (Å²) in [5, 5.41) is 8.80. The van der Waals surface area contributed by atoms with Gasteiger partial charge in [-0.25, -0.2) is 0 Å². The molecule has 0 bridgehead atoms. The molecule has 2 aliphatic carbocycles. The third-order valence-electron chi connectivity index (χ3n) is 12.9. The second-order valence-electron chi connectivity index (χ2n) is 17.2. The number of nitrogens with zero attached hydrogens (tertiary/aromatic N) is 6. The summed E-state index contributed by atoms with van der Waals surface area (Å²) in [4.78, 5) is 65.2. The molecule has 8 rings (SSSR count). The number of likely N-dealkylation sites (tertiary alicyclic amines) is 4. The second-order valence-corrected chi connectivity index (χ2v) is 17.2. The summed E-state index contributed by atoms with van der Waals surface area (Å²) >= 11 is 0. The number of aryl methyl sites for hydroxylation is 4. The van der Waals surface area contributed by atoms with Gasteiger partial charge in [-0.1, -0.05) is 19.6 Å². The van der Waals surface area contributed by atoms with E-state index in [0.29, 0.717) is 51.2 Å². The van der Waals surface area contributed by atoms with Gasteiger partial charge in [-0.15, -0.1) is 0 Å². The number of hydrogen-bond acceptors (Lipinski definition) is 10. The van der Waals surface area contributed by atoms with Crippen LogP contribution in [0.3, 0.4) is 0 Å². The minimum atomic E-state index is -0.822. The van der Waals surface area contributed by atoms with Crippen molar-refractivity contribution >= 4 is 23.8 Å². The Balaban J connectivity index is 0.000000249. The normalized spacial score (nSPS) is 20.1.